The molecule has 6 heteroatoms. The molecule has 6 nitrogen and oxygen atoms in total. The smallest absolute Gasteiger partial charge is 0.332 e. The molecule has 1 aliphatic heterocycles. The average molecular weight is 271 g/mol. The van der Waals surface area contributed by atoms with Gasteiger partial charge in [0, 0.05) is 13.7 Å². The van der Waals surface area contributed by atoms with Crippen LogP contribution in [0.4, 0.5) is 0 Å². The molecule has 1 saturated heterocycles. The second-order valence-corrected chi connectivity index (χ2v) is 5.38. The molecule has 2 fully saturated rings. The maximum absolute atomic E-state index is 11.8. The van der Waals surface area contributed by atoms with Gasteiger partial charge < -0.3 is 19.9 Å². The number of carbonyl (C=O) groups is 2. The predicted octanol–water partition coefficient (Wildman–Crippen LogP) is 0.694. The fourth-order valence-corrected chi connectivity index (χ4v) is 2.64. The van der Waals surface area contributed by atoms with Gasteiger partial charge in [0.15, 0.2) is 6.10 Å². The van der Waals surface area contributed by atoms with Crippen LogP contribution in [-0.2, 0) is 19.1 Å². The second-order valence-electron chi connectivity index (χ2n) is 5.38. The molecule has 0 spiro atoms. The highest BCUT2D eigenvalue weighted by atomic mass is 16.5. The quantitative estimate of drug-likeness (QED) is 0.742. The Morgan fingerprint density at radius 3 is 2.63 bits per heavy atom. The van der Waals surface area contributed by atoms with Crippen LogP contribution in [0, 0.1) is 0 Å². The van der Waals surface area contributed by atoms with Crippen LogP contribution in [0.15, 0.2) is 0 Å². The number of carboxylic acid groups (broad SMARTS) is 1. The van der Waals surface area contributed by atoms with Crippen molar-refractivity contribution in [3.63, 3.8) is 0 Å². The van der Waals surface area contributed by atoms with E-state index >= 15 is 0 Å². The van der Waals surface area contributed by atoms with Crippen molar-refractivity contribution in [3.05, 3.63) is 0 Å². The minimum Gasteiger partial charge on any atom is -0.479 e. The van der Waals surface area contributed by atoms with Crippen molar-refractivity contribution in [1.82, 2.24) is 5.32 Å². The first-order valence-electron chi connectivity index (χ1n) is 6.75. The van der Waals surface area contributed by atoms with Crippen molar-refractivity contribution in [2.24, 2.45) is 0 Å². The van der Waals surface area contributed by atoms with Gasteiger partial charge in [0.2, 0.25) is 5.91 Å². The number of carbonyl (C=O) groups excluding carboxylic acids is 1. The van der Waals surface area contributed by atoms with Crippen LogP contribution in [0.25, 0.3) is 0 Å². The lowest BCUT2D eigenvalue weighted by molar-refractivity contribution is -0.149. The summed E-state index contributed by atoms with van der Waals surface area (Å²) in [5.41, 5.74) is -0.274. The molecule has 0 aromatic carbocycles. The zero-order chi connectivity index (χ0) is 13.9. The van der Waals surface area contributed by atoms with Gasteiger partial charge in [0.1, 0.15) is 0 Å². The molecule has 1 amide bonds. The lowest BCUT2D eigenvalue weighted by atomic mass is 9.77. The fourth-order valence-electron chi connectivity index (χ4n) is 2.64. The maximum Gasteiger partial charge on any atom is 0.332 e. The number of methoxy groups -OCH3 is 1. The summed E-state index contributed by atoms with van der Waals surface area (Å²) in [7, 11) is 1.64. The molecule has 2 unspecified atom stereocenters. The first-order valence-corrected chi connectivity index (χ1v) is 6.75. The van der Waals surface area contributed by atoms with Gasteiger partial charge in [-0.3, -0.25) is 4.79 Å². The minimum absolute atomic E-state index is 0.0519. The van der Waals surface area contributed by atoms with Crippen LogP contribution < -0.4 is 5.32 Å². The Balaban J connectivity index is 1.68. The molecule has 0 aromatic rings. The monoisotopic (exact) mass is 271 g/mol. The highest BCUT2D eigenvalue weighted by molar-refractivity contribution is 5.77. The van der Waals surface area contributed by atoms with Crippen molar-refractivity contribution in [2.75, 3.05) is 13.7 Å². The second kappa shape index (κ2) is 5.88. The van der Waals surface area contributed by atoms with E-state index in [1.54, 1.807) is 7.11 Å². The molecule has 1 heterocycles. The summed E-state index contributed by atoms with van der Waals surface area (Å²) in [4.78, 5) is 22.5. The Bertz CT molecular complexity index is 347. The molecule has 1 aliphatic carbocycles. The van der Waals surface area contributed by atoms with Crippen LogP contribution in [0.5, 0.6) is 0 Å². The van der Waals surface area contributed by atoms with Crippen molar-refractivity contribution in [1.29, 1.82) is 0 Å². The predicted molar refractivity (Wildman–Crippen MR) is 66.7 cm³/mol. The molecule has 19 heavy (non-hydrogen) atoms. The number of aliphatic carboxylic acids is 1. The van der Waals surface area contributed by atoms with Crippen molar-refractivity contribution in [2.45, 2.75) is 56.3 Å². The van der Waals surface area contributed by atoms with Gasteiger partial charge in [0.05, 0.1) is 18.1 Å². The number of hydrogen-bond acceptors (Lipinski definition) is 4. The molecule has 2 N–H and O–H groups in total. The van der Waals surface area contributed by atoms with Gasteiger partial charge in [-0.2, -0.15) is 0 Å². The van der Waals surface area contributed by atoms with Crippen LogP contribution >= 0.6 is 0 Å². The van der Waals surface area contributed by atoms with Crippen LogP contribution in [0.2, 0.25) is 0 Å². The van der Waals surface area contributed by atoms with Crippen LogP contribution in [0.3, 0.4) is 0 Å². The third kappa shape index (κ3) is 3.45. The van der Waals surface area contributed by atoms with Crippen molar-refractivity contribution < 1.29 is 24.2 Å². The molecule has 0 radical (unpaired) electrons. The number of nitrogens with one attached hydrogen (secondary N) is 1. The third-order valence-corrected chi connectivity index (χ3v) is 4.09. The van der Waals surface area contributed by atoms with Crippen LogP contribution in [-0.4, -0.2) is 48.4 Å². The number of amides is 1. The SMILES string of the molecule is COC1(CC(=O)NCC2CCC(C(=O)O)O2)CCC1. The summed E-state index contributed by atoms with van der Waals surface area (Å²) in [5, 5.41) is 11.6. The first-order chi connectivity index (χ1) is 9.04. The molecular weight excluding hydrogens is 250 g/mol. The summed E-state index contributed by atoms with van der Waals surface area (Å²) in [6.45, 7) is 0.377. The Morgan fingerprint density at radius 1 is 1.42 bits per heavy atom. The van der Waals surface area contributed by atoms with Gasteiger partial charge in [-0.1, -0.05) is 0 Å². The van der Waals surface area contributed by atoms with Gasteiger partial charge in [0.25, 0.3) is 0 Å². The average Bonchev–Trinajstić information content (AvgIpc) is 2.80. The molecule has 0 bridgehead atoms. The Morgan fingerprint density at radius 2 is 2.16 bits per heavy atom. The topological polar surface area (TPSA) is 84.9 Å². The fraction of sp³-hybridized carbons (Fsp3) is 0.846. The highest BCUT2D eigenvalue weighted by Crippen LogP contribution is 2.37. The summed E-state index contributed by atoms with van der Waals surface area (Å²) >= 11 is 0. The summed E-state index contributed by atoms with van der Waals surface area (Å²) in [6, 6.07) is 0. The number of carboxylic acids is 1. The van der Waals surface area contributed by atoms with Gasteiger partial charge in [-0.25, -0.2) is 4.79 Å². The number of rotatable bonds is 6. The zero-order valence-corrected chi connectivity index (χ0v) is 11.2. The van der Waals surface area contributed by atoms with Crippen LogP contribution in [0.1, 0.15) is 38.5 Å². The highest BCUT2D eigenvalue weighted by Gasteiger charge is 2.39. The van der Waals surface area contributed by atoms with Gasteiger partial charge in [-0.15, -0.1) is 0 Å². The van der Waals surface area contributed by atoms with Gasteiger partial charge in [-0.05, 0) is 32.1 Å². The van der Waals surface area contributed by atoms with Gasteiger partial charge >= 0.3 is 5.97 Å². The summed E-state index contributed by atoms with van der Waals surface area (Å²) < 4.78 is 10.7. The maximum atomic E-state index is 11.8. The third-order valence-electron chi connectivity index (χ3n) is 4.09. The van der Waals surface area contributed by atoms with E-state index in [4.69, 9.17) is 14.6 Å². The number of ether oxygens (including phenoxy) is 2. The molecule has 108 valence electrons. The van der Waals surface area contributed by atoms with E-state index in [9.17, 15) is 9.59 Å². The Labute approximate surface area is 112 Å². The molecule has 2 rings (SSSR count). The van der Waals surface area contributed by atoms with Crippen molar-refractivity contribution >= 4 is 11.9 Å². The van der Waals surface area contributed by atoms with E-state index in [-0.39, 0.29) is 17.6 Å². The molecule has 1 saturated carbocycles. The Hall–Kier alpha value is -1.14. The van der Waals surface area contributed by atoms with E-state index in [0.29, 0.717) is 25.8 Å². The minimum atomic E-state index is -0.929. The summed E-state index contributed by atoms with van der Waals surface area (Å²) in [5.74, 6) is -0.981. The van der Waals surface area contributed by atoms with E-state index in [2.05, 4.69) is 5.32 Å². The standard InChI is InChI=1S/C13H21NO5/c1-18-13(5-2-6-13)7-11(15)14-8-9-3-4-10(19-9)12(16)17/h9-10H,2-8H2,1H3,(H,14,15)(H,16,17). The van der Waals surface area contributed by atoms with E-state index in [1.165, 1.54) is 0 Å². The van der Waals surface area contributed by atoms with Crippen molar-refractivity contribution in [3.8, 4) is 0 Å². The molecule has 2 atom stereocenters. The summed E-state index contributed by atoms with van der Waals surface area (Å²) in [6.07, 6.45) is 3.61. The Kier molecular flexibility index (Phi) is 4.42. The van der Waals surface area contributed by atoms with E-state index < -0.39 is 12.1 Å². The molecule has 2 aliphatic rings. The zero-order valence-electron chi connectivity index (χ0n) is 11.2. The van der Waals surface area contributed by atoms with E-state index in [1.807, 2.05) is 0 Å². The normalized spacial score (nSPS) is 28.7. The first kappa shape index (κ1) is 14.3. The lowest BCUT2D eigenvalue weighted by Gasteiger charge is -2.39. The van der Waals surface area contributed by atoms with E-state index in [0.717, 1.165) is 19.3 Å². The molecular formula is C13H21NO5. The lowest BCUT2D eigenvalue weighted by Crippen LogP contribution is -2.45. The number of hydrogen-bond donors (Lipinski definition) is 2. The largest absolute Gasteiger partial charge is 0.479 e. The molecule has 0 aromatic heterocycles.